The average Bonchev–Trinajstić information content (AvgIpc) is 2.69. The van der Waals surface area contributed by atoms with Crippen LogP contribution in [-0.2, 0) is 4.79 Å². The normalized spacial score (nSPS) is 15.8. The molecule has 1 aliphatic rings. The summed E-state index contributed by atoms with van der Waals surface area (Å²) in [7, 11) is 0. The number of piperidine rings is 1. The summed E-state index contributed by atoms with van der Waals surface area (Å²) in [5, 5.41) is 6.25. The second kappa shape index (κ2) is 9.06. The van der Waals surface area contributed by atoms with Gasteiger partial charge in [-0.25, -0.2) is 9.18 Å². The Labute approximate surface area is 168 Å². The molecule has 1 atom stereocenters. The standard InChI is InChI=1S/C21H23ClFN3O2/c1-14(20(27)24-19-4-2-3-16(22)13-19)15-9-11-26(12-10-15)21(28)25-18-7-5-17(23)6-8-18/h2-8,13-15H,9-12H2,1H3,(H,24,27)(H,25,28)/t14-/m0/s1. The molecule has 5 nitrogen and oxygen atoms in total. The first kappa shape index (κ1) is 20.1. The van der Waals surface area contributed by atoms with E-state index in [1.807, 2.05) is 6.92 Å². The maximum absolute atomic E-state index is 13.0. The summed E-state index contributed by atoms with van der Waals surface area (Å²) in [6.45, 7) is 3.07. The van der Waals surface area contributed by atoms with Gasteiger partial charge in [0.05, 0.1) is 0 Å². The second-order valence-electron chi connectivity index (χ2n) is 7.05. The van der Waals surface area contributed by atoms with Crippen LogP contribution in [0.1, 0.15) is 19.8 Å². The van der Waals surface area contributed by atoms with Gasteiger partial charge >= 0.3 is 6.03 Å². The molecule has 1 heterocycles. The molecule has 1 fully saturated rings. The maximum Gasteiger partial charge on any atom is 0.321 e. The fourth-order valence-corrected chi connectivity index (χ4v) is 3.56. The van der Waals surface area contributed by atoms with Crippen molar-refractivity contribution < 1.29 is 14.0 Å². The highest BCUT2D eigenvalue weighted by molar-refractivity contribution is 6.30. The van der Waals surface area contributed by atoms with Crippen molar-refractivity contribution in [1.82, 2.24) is 4.90 Å². The van der Waals surface area contributed by atoms with Crippen LogP contribution in [0, 0.1) is 17.7 Å². The number of anilines is 2. The molecule has 0 radical (unpaired) electrons. The van der Waals surface area contributed by atoms with E-state index in [0.29, 0.717) is 29.5 Å². The molecule has 3 amide bonds. The van der Waals surface area contributed by atoms with Gasteiger partial charge in [-0.15, -0.1) is 0 Å². The molecule has 7 heteroatoms. The first-order valence-corrected chi connectivity index (χ1v) is 9.68. The molecule has 1 saturated heterocycles. The van der Waals surface area contributed by atoms with E-state index in [2.05, 4.69) is 10.6 Å². The summed E-state index contributed by atoms with van der Waals surface area (Å²) in [5.74, 6) is -0.351. The van der Waals surface area contributed by atoms with Gasteiger partial charge < -0.3 is 15.5 Å². The zero-order chi connectivity index (χ0) is 20.1. The number of urea groups is 1. The van der Waals surface area contributed by atoms with E-state index in [9.17, 15) is 14.0 Å². The molecule has 0 spiro atoms. The molecule has 1 aliphatic heterocycles. The zero-order valence-electron chi connectivity index (χ0n) is 15.6. The molecule has 2 N–H and O–H groups in total. The monoisotopic (exact) mass is 403 g/mol. The van der Waals surface area contributed by atoms with Crippen molar-refractivity contribution in [3.05, 3.63) is 59.4 Å². The number of carbonyl (C=O) groups is 2. The summed E-state index contributed by atoms with van der Waals surface area (Å²) in [6, 6.07) is 12.5. The lowest BCUT2D eigenvalue weighted by Gasteiger charge is -2.34. The van der Waals surface area contributed by atoms with E-state index in [1.54, 1.807) is 29.2 Å². The number of nitrogens with zero attached hydrogens (tertiary/aromatic N) is 1. The van der Waals surface area contributed by atoms with Crippen molar-refractivity contribution in [3.63, 3.8) is 0 Å². The molecular formula is C21H23ClFN3O2. The van der Waals surface area contributed by atoms with Crippen molar-refractivity contribution in [2.45, 2.75) is 19.8 Å². The third-order valence-corrected chi connectivity index (χ3v) is 5.37. The Balaban J connectivity index is 1.49. The van der Waals surface area contributed by atoms with Crippen LogP contribution in [0.3, 0.4) is 0 Å². The van der Waals surface area contributed by atoms with Crippen molar-refractivity contribution in [2.75, 3.05) is 23.7 Å². The molecule has 3 rings (SSSR count). The SMILES string of the molecule is C[C@H](C(=O)Nc1cccc(Cl)c1)C1CCN(C(=O)Nc2ccc(F)cc2)CC1. The predicted molar refractivity (Wildman–Crippen MR) is 109 cm³/mol. The van der Waals surface area contributed by atoms with Crippen molar-refractivity contribution >= 4 is 34.9 Å². The van der Waals surface area contributed by atoms with Crippen LogP contribution in [0.4, 0.5) is 20.6 Å². The zero-order valence-corrected chi connectivity index (χ0v) is 16.4. The molecular weight excluding hydrogens is 381 g/mol. The first-order chi connectivity index (χ1) is 13.4. The predicted octanol–water partition coefficient (Wildman–Crippen LogP) is 5.00. The largest absolute Gasteiger partial charge is 0.326 e. The Hall–Kier alpha value is -2.60. The molecule has 0 aliphatic carbocycles. The van der Waals surface area contributed by atoms with E-state index < -0.39 is 0 Å². The Morgan fingerprint density at radius 3 is 2.39 bits per heavy atom. The minimum Gasteiger partial charge on any atom is -0.326 e. The van der Waals surface area contributed by atoms with E-state index >= 15 is 0 Å². The quantitative estimate of drug-likeness (QED) is 0.754. The van der Waals surface area contributed by atoms with Gasteiger partial charge in [0.1, 0.15) is 5.82 Å². The fourth-order valence-electron chi connectivity index (χ4n) is 3.37. The number of rotatable bonds is 4. The van der Waals surface area contributed by atoms with Crippen LogP contribution in [0.5, 0.6) is 0 Å². The van der Waals surface area contributed by atoms with Gasteiger partial charge in [-0.3, -0.25) is 4.79 Å². The third kappa shape index (κ3) is 5.23. The molecule has 0 unspecified atom stereocenters. The second-order valence-corrected chi connectivity index (χ2v) is 7.49. The highest BCUT2D eigenvalue weighted by atomic mass is 35.5. The van der Waals surface area contributed by atoms with Crippen LogP contribution in [0.2, 0.25) is 5.02 Å². The Bertz CT molecular complexity index is 836. The number of halogens is 2. The number of hydrogen-bond donors (Lipinski definition) is 2. The molecule has 2 aromatic carbocycles. The van der Waals surface area contributed by atoms with E-state index in [0.717, 1.165) is 12.8 Å². The summed E-state index contributed by atoms with van der Waals surface area (Å²) in [6.07, 6.45) is 1.50. The van der Waals surface area contributed by atoms with Crippen LogP contribution in [0.25, 0.3) is 0 Å². The summed E-state index contributed by atoms with van der Waals surface area (Å²) in [5.41, 5.74) is 1.24. The van der Waals surface area contributed by atoms with E-state index in [1.165, 1.54) is 24.3 Å². The number of amides is 3. The minimum atomic E-state index is -0.344. The average molecular weight is 404 g/mol. The van der Waals surface area contributed by atoms with Crippen LogP contribution in [-0.4, -0.2) is 29.9 Å². The van der Waals surface area contributed by atoms with Crippen LogP contribution < -0.4 is 10.6 Å². The number of benzene rings is 2. The highest BCUT2D eigenvalue weighted by Crippen LogP contribution is 2.27. The number of likely N-dealkylation sites (tertiary alicyclic amines) is 1. The first-order valence-electron chi connectivity index (χ1n) is 9.30. The van der Waals surface area contributed by atoms with Gasteiger partial charge in [0, 0.05) is 35.4 Å². The number of nitrogens with one attached hydrogen (secondary N) is 2. The lowest BCUT2D eigenvalue weighted by Crippen LogP contribution is -2.43. The summed E-state index contributed by atoms with van der Waals surface area (Å²) < 4.78 is 13.0. The summed E-state index contributed by atoms with van der Waals surface area (Å²) in [4.78, 5) is 26.6. The molecule has 0 bridgehead atoms. The molecule has 148 valence electrons. The smallest absolute Gasteiger partial charge is 0.321 e. The highest BCUT2D eigenvalue weighted by Gasteiger charge is 2.30. The molecule has 28 heavy (non-hydrogen) atoms. The number of hydrogen-bond acceptors (Lipinski definition) is 2. The van der Waals surface area contributed by atoms with Gasteiger partial charge in [-0.1, -0.05) is 24.6 Å². The van der Waals surface area contributed by atoms with Crippen LogP contribution in [0.15, 0.2) is 48.5 Å². The lowest BCUT2D eigenvalue weighted by molar-refractivity contribution is -0.121. The minimum absolute atomic E-state index is 0.0449. The summed E-state index contributed by atoms with van der Waals surface area (Å²) >= 11 is 5.95. The van der Waals surface area contributed by atoms with Crippen molar-refractivity contribution in [2.24, 2.45) is 11.8 Å². The Morgan fingerprint density at radius 2 is 1.75 bits per heavy atom. The lowest BCUT2D eigenvalue weighted by atomic mass is 9.85. The van der Waals surface area contributed by atoms with Gasteiger partial charge in [0.2, 0.25) is 5.91 Å². The molecule has 0 saturated carbocycles. The van der Waals surface area contributed by atoms with Gasteiger partial charge in [-0.05, 0) is 61.2 Å². The number of carbonyl (C=O) groups excluding carboxylic acids is 2. The third-order valence-electron chi connectivity index (χ3n) is 5.14. The Kier molecular flexibility index (Phi) is 6.52. The van der Waals surface area contributed by atoms with Crippen molar-refractivity contribution in [3.8, 4) is 0 Å². The topological polar surface area (TPSA) is 61.4 Å². The van der Waals surface area contributed by atoms with E-state index in [-0.39, 0.29) is 29.6 Å². The van der Waals surface area contributed by atoms with Gasteiger partial charge in [-0.2, -0.15) is 0 Å². The van der Waals surface area contributed by atoms with Gasteiger partial charge in [0.25, 0.3) is 0 Å². The van der Waals surface area contributed by atoms with Crippen molar-refractivity contribution in [1.29, 1.82) is 0 Å². The maximum atomic E-state index is 13.0. The van der Waals surface area contributed by atoms with Crippen LogP contribution >= 0.6 is 11.6 Å². The van der Waals surface area contributed by atoms with Gasteiger partial charge in [0.15, 0.2) is 0 Å². The van der Waals surface area contributed by atoms with E-state index in [4.69, 9.17) is 11.6 Å². The molecule has 0 aromatic heterocycles. The molecule has 2 aromatic rings. The Morgan fingerprint density at radius 1 is 1.07 bits per heavy atom. The fraction of sp³-hybridized carbons (Fsp3) is 0.333.